The number of morpholine rings is 1. The van der Waals surface area contributed by atoms with Crippen LogP contribution in [0.1, 0.15) is 31.2 Å². The van der Waals surface area contributed by atoms with Crippen LogP contribution in [-0.4, -0.2) is 42.3 Å². The Balaban J connectivity index is 1.35. The van der Waals surface area contributed by atoms with Crippen LogP contribution in [-0.2, 0) is 4.74 Å². The highest BCUT2D eigenvalue weighted by Gasteiger charge is 2.54. The van der Waals surface area contributed by atoms with Gasteiger partial charge < -0.3 is 14.4 Å². The second-order valence-corrected chi connectivity index (χ2v) is 6.96. The van der Waals surface area contributed by atoms with Gasteiger partial charge in [-0.15, -0.1) is 0 Å². The van der Waals surface area contributed by atoms with Crippen molar-refractivity contribution in [3.05, 3.63) is 29.8 Å². The lowest BCUT2D eigenvalue weighted by molar-refractivity contribution is 0.0504. The monoisotopic (exact) mass is 303 g/mol. The molecule has 4 heteroatoms. The lowest BCUT2D eigenvalue weighted by Crippen LogP contribution is -2.40. The maximum atomic E-state index is 6.03. The van der Waals surface area contributed by atoms with E-state index in [4.69, 9.17) is 21.7 Å². The molecule has 1 aromatic rings. The van der Waals surface area contributed by atoms with Gasteiger partial charge in [0.2, 0.25) is 0 Å². The van der Waals surface area contributed by atoms with E-state index >= 15 is 0 Å². The van der Waals surface area contributed by atoms with Gasteiger partial charge in [-0.1, -0.05) is 12.2 Å². The van der Waals surface area contributed by atoms with Gasteiger partial charge in [0.25, 0.3) is 0 Å². The van der Waals surface area contributed by atoms with Crippen LogP contribution >= 0.6 is 12.2 Å². The summed E-state index contributed by atoms with van der Waals surface area (Å²) in [4.78, 5) is 3.14. The molecular formula is C17H21NO2S. The van der Waals surface area contributed by atoms with Gasteiger partial charge in [-0.3, -0.25) is 0 Å². The SMILES string of the molecule is S=C(c1ccc(OC2CC3(CC3)C2)cc1)N1CCOCC1. The van der Waals surface area contributed by atoms with Crippen molar-refractivity contribution < 1.29 is 9.47 Å². The largest absolute Gasteiger partial charge is 0.490 e. The quantitative estimate of drug-likeness (QED) is 0.800. The Labute approximate surface area is 131 Å². The first-order valence-electron chi connectivity index (χ1n) is 7.88. The van der Waals surface area contributed by atoms with E-state index in [9.17, 15) is 0 Å². The zero-order valence-corrected chi connectivity index (χ0v) is 13.0. The summed E-state index contributed by atoms with van der Waals surface area (Å²) in [6.45, 7) is 3.32. The second-order valence-electron chi connectivity index (χ2n) is 6.58. The number of hydrogen-bond donors (Lipinski definition) is 0. The van der Waals surface area contributed by atoms with Crippen molar-refractivity contribution in [1.29, 1.82) is 0 Å². The summed E-state index contributed by atoms with van der Waals surface area (Å²) in [5.74, 6) is 0.976. The molecule has 0 unspecified atom stereocenters. The summed E-state index contributed by atoms with van der Waals surface area (Å²) >= 11 is 5.57. The van der Waals surface area contributed by atoms with Crippen LogP contribution in [0.3, 0.4) is 0 Å². The third-order valence-corrected chi connectivity index (χ3v) is 5.47. The van der Waals surface area contributed by atoms with E-state index in [0.29, 0.717) is 11.5 Å². The molecule has 1 aliphatic heterocycles. The van der Waals surface area contributed by atoms with Crippen molar-refractivity contribution in [3.63, 3.8) is 0 Å². The standard InChI is InChI=1S/C17H21NO2S/c21-16(18-7-9-19-10-8-18)13-1-3-14(4-2-13)20-15-11-17(12-15)5-6-17/h1-4,15H,5-12H2. The van der Waals surface area contributed by atoms with Crippen LogP contribution in [0.5, 0.6) is 5.75 Å². The maximum absolute atomic E-state index is 6.03. The zero-order chi connectivity index (χ0) is 14.3. The molecule has 3 fully saturated rings. The number of thiocarbonyl (C=S) groups is 1. The van der Waals surface area contributed by atoms with Crippen molar-refractivity contribution in [3.8, 4) is 5.75 Å². The van der Waals surface area contributed by atoms with E-state index in [1.165, 1.54) is 25.7 Å². The third-order valence-electron chi connectivity index (χ3n) is 4.98. The highest BCUT2D eigenvalue weighted by Crippen LogP contribution is 2.61. The van der Waals surface area contributed by atoms with Gasteiger partial charge >= 0.3 is 0 Å². The first kappa shape index (κ1) is 13.5. The molecule has 0 radical (unpaired) electrons. The van der Waals surface area contributed by atoms with Crippen molar-refractivity contribution in [2.24, 2.45) is 5.41 Å². The fraction of sp³-hybridized carbons (Fsp3) is 0.588. The molecule has 112 valence electrons. The van der Waals surface area contributed by atoms with Crippen LogP contribution in [0.2, 0.25) is 0 Å². The summed E-state index contributed by atoms with van der Waals surface area (Å²) in [5.41, 5.74) is 1.80. The van der Waals surface area contributed by atoms with Gasteiger partial charge in [-0.2, -0.15) is 0 Å². The van der Waals surface area contributed by atoms with Crippen molar-refractivity contribution in [2.75, 3.05) is 26.3 Å². The zero-order valence-electron chi connectivity index (χ0n) is 12.2. The normalized spacial score (nSPS) is 23.7. The minimum Gasteiger partial charge on any atom is -0.490 e. The Morgan fingerprint density at radius 2 is 1.81 bits per heavy atom. The summed E-state index contributed by atoms with van der Waals surface area (Å²) < 4.78 is 11.4. The van der Waals surface area contributed by atoms with E-state index < -0.39 is 0 Å². The van der Waals surface area contributed by atoms with Crippen LogP contribution in [0.4, 0.5) is 0 Å². The molecule has 0 atom stereocenters. The fourth-order valence-electron chi connectivity index (χ4n) is 3.39. The van der Waals surface area contributed by atoms with Crippen molar-refractivity contribution in [2.45, 2.75) is 31.8 Å². The molecule has 1 spiro atoms. The van der Waals surface area contributed by atoms with Crippen molar-refractivity contribution >= 4 is 17.2 Å². The second kappa shape index (κ2) is 5.25. The summed E-state index contributed by atoms with van der Waals surface area (Å²) in [6.07, 6.45) is 5.77. The molecule has 1 heterocycles. The molecule has 1 aromatic carbocycles. The molecular weight excluding hydrogens is 282 g/mol. The molecule has 2 saturated carbocycles. The number of nitrogens with zero attached hydrogens (tertiary/aromatic N) is 1. The Morgan fingerprint density at radius 3 is 2.43 bits per heavy atom. The van der Waals surface area contributed by atoms with Crippen LogP contribution in [0, 0.1) is 5.41 Å². The Hall–Kier alpha value is -1.13. The average Bonchev–Trinajstić information content (AvgIpc) is 3.29. The average molecular weight is 303 g/mol. The number of rotatable bonds is 3. The lowest BCUT2D eigenvalue weighted by Gasteiger charge is -2.35. The minimum absolute atomic E-state index is 0.435. The van der Waals surface area contributed by atoms with Crippen LogP contribution < -0.4 is 4.74 Å². The Bertz CT molecular complexity index is 524. The number of benzene rings is 1. The van der Waals surface area contributed by atoms with E-state index in [2.05, 4.69) is 29.2 Å². The lowest BCUT2D eigenvalue weighted by atomic mass is 9.79. The molecule has 0 N–H and O–H groups in total. The van der Waals surface area contributed by atoms with Gasteiger partial charge in [-0.25, -0.2) is 0 Å². The van der Waals surface area contributed by atoms with E-state index in [-0.39, 0.29) is 0 Å². The molecule has 2 aliphatic carbocycles. The fourth-order valence-corrected chi connectivity index (χ4v) is 3.71. The molecule has 0 amide bonds. The molecule has 3 aliphatic rings. The Morgan fingerprint density at radius 1 is 1.14 bits per heavy atom. The van der Waals surface area contributed by atoms with Crippen LogP contribution in [0.15, 0.2) is 24.3 Å². The van der Waals surface area contributed by atoms with Gasteiger partial charge in [0.05, 0.1) is 19.3 Å². The van der Waals surface area contributed by atoms with E-state index in [0.717, 1.165) is 42.6 Å². The summed E-state index contributed by atoms with van der Waals surface area (Å²) in [6, 6.07) is 8.28. The van der Waals surface area contributed by atoms with E-state index in [1.54, 1.807) is 0 Å². The molecule has 0 aromatic heterocycles. The predicted molar refractivity (Wildman–Crippen MR) is 85.9 cm³/mol. The first-order chi connectivity index (χ1) is 10.2. The third kappa shape index (κ3) is 2.79. The number of hydrogen-bond acceptors (Lipinski definition) is 3. The Kier molecular flexibility index (Phi) is 3.38. The van der Waals surface area contributed by atoms with Gasteiger partial charge in [0.1, 0.15) is 10.7 Å². The van der Waals surface area contributed by atoms with Gasteiger partial charge in [-0.05, 0) is 55.4 Å². The minimum atomic E-state index is 0.435. The van der Waals surface area contributed by atoms with Gasteiger partial charge in [0, 0.05) is 18.7 Å². The van der Waals surface area contributed by atoms with Crippen LogP contribution in [0.25, 0.3) is 0 Å². The topological polar surface area (TPSA) is 21.7 Å². The number of ether oxygens (including phenoxy) is 2. The van der Waals surface area contributed by atoms with Crippen molar-refractivity contribution in [1.82, 2.24) is 4.90 Å². The molecule has 4 rings (SSSR count). The maximum Gasteiger partial charge on any atom is 0.119 e. The molecule has 3 nitrogen and oxygen atoms in total. The summed E-state index contributed by atoms with van der Waals surface area (Å²) in [7, 11) is 0. The smallest absolute Gasteiger partial charge is 0.119 e. The molecule has 0 bridgehead atoms. The molecule has 21 heavy (non-hydrogen) atoms. The highest BCUT2D eigenvalue weighted by atomic mass is 32.1. The highest BCUT2D eigenvalue weighted by molar-refractivity contribution is 7.80. The van der Waals surface area contributed by atoms with Gasteiger partial charge in [0.15, 0.2) is 0 Å². The van der Waals surface area contributed by atoms with E-state index in [1.807, 2.05) is 0 Å². The summed E-state index contributed by atoms with van der Waals surface area (Å²) in [5, 5.41) is 0. The first-order valence-corrected chi connectivity index (χ1v) is 8.29. The molecule has 1 saturated heterocycles. The predicted octanol–water partition coefficient (Wildman–Crippen LogP) is 3.02.